The SMILES string of the molecule is Cc1ccccc1NC(=O)C(C)Oc1ccc(=O)n(-c2cc(Cl)ccc2C)n1. The third-order valence-corrected chi connectivity index (χ3v) is 4.48. The lowest BCUT2D eigenvalue weighted by molar-refractivity contribution is -0.122. The van der Waals surface area contributed by atoms with Gasteiger partial charge >= 0.3 is 0 Å². The quantitative estimate of drug-likeness (QED) is 0.708. The van der Waals surface area contributed by atoms with Crippen LogP contribution in [0.5, 0.6) is 5.88 Å². The minimum absolute atomic E-state index is 0.159. The predicted molar refractivity (Wildman–Crippen MR) is 109 cm³/mol. The first-order chi connectivity index (χ1) is 13.3. The van der Waals surface area contributed by atoms with Crippen molar-refractivity contribution >= 4 is 23.2 Å². The average molecular weight is 398 g/mol. The largest absolute Gasteiger partial charge is 0.463 e. The highest BCUT2D eigenvalue weighted by Gasteiger charge is 2.17. The van der Waals surface area contributed by atoms with Gasteiger partial charge in [0.2, 0.25) is 5.88 Å². The highest BCUT2D eigenvalue weighted by Crippen LogP contribution is 2.19. The number of nitrogens with zero attached hydrogens (tertiary/aromatic N) is 2. The maximum Gasteiger partial charge on any atom is 0.271 e. The van der Waals surface area contributed by atoms with Gasteiger partial charge in [0, 0.05) is 22.8 Å². The number of aryl methyl sites for hydroxylation is 2. The number of amides is 1. The molecule has 0 fully saturated rings. The molecule has 0 saturated carbocycles. The van der Waals surface area contributed by atoms with Crippen LogP contribution in [0.25, 0.3) is 5.69 Å². The third kappa shape index (κ3) is 4.40. The topological polar surface area (TPSA) is 73.2 Å². The molecule has 0 bridgehead atoms. The van der Waals surface area contributed by atoms with E-state index in [9.17, 15) is 9.59 Å². The number of hydrogen-bond acceptors (Lipinski definition) is 4. The van der Waals surface area contributed by atoms with E-state index in [1.165, 1.54) is 16.8 Å². The van der Waals surface area contributed by atoms with Crippen LogP contribution in [0.3, 0.4) is 0 Å². The van der Waals surface area contributed by atoms with Gasteiger partial charge in [0.15, 0.2) is 6.10 Å². The van der Waals surface area contributed by atoms with E-state index >= 15 is 0 Å². The monoisotopic (exact) mass is 397 g/mol. The molecular formula is C21H20ClN3O3. The molecule has 1 atom stereocenters. The maximum atomic E-state index is 12.4. The molecule has 0 radical (unpaired) electrons. The van der Waals surface area contributed by atoms with Crippen LogP contribution in [0.2, 0.25) is 5.02 Å². The summed E-state index contributed by atoms with van der Waals surface area (Å²) >= 11 is 6.05. The molecule has 1 amide bonds. The molecule has 0 aliphatic rings. The Morgan fingerprint density at radius 3 is 2.61 bits per heavy atom. The van der Waals surface area contributed by atoms with Crippen LogP contribution in [-0.4, -0.2) is 21.8 Å². The molecule has 28 heavy (non-hydrogen) atoms. The summed E-state index contributed by atoms with van der Waals surface area (Å²) in [6.07, 6.45) is -0.807. The van der Waals surface area contributed by atoms with Crippen molar-refractivity contribution in [3.05, 3.63) is 81.1 Å². The number of para-hydroxylation sites is 1. The van der Waals surface area contributed by atoms with Crippen LogP contribution >= 0.6 is 11.6 Å². The molecule has 1 heterocycles. The van der Waals surface area contributed by atoms with Crippen LogP contribution in [0.15, 0.2) is 59.4 Å². The fraction of sp³-hybridized carbons (Fsp3) is 0.190. The van der Waals surface area contributed by atoms with Crippen molar-refractivity contribution in [1.29, 1.82) is 0 Å². The summed E-state index contributed by atoms with van der Waals surface area (Å²) in [5.74, 6) is -0.154. The highest BCUT2D eigenvalue weighted by atomic mass is 35.5. The average Bonchev–Trinajstić information content (AvgIpc) is 2.67. The van der Waals surface area contributed by atoms with Gasteiger partial charge in [0.05, 0.1) is 5.69 Å². The summed E-state index contributed by atoms with van der Waals surface area (Å²) in [4.78, 5) is 24.7. The molecule has 0 aliphatic heterocycles. The zero-order valence-corrected chi connectivity index (χ0v) is 16.5. The number of ether oxygens (including phenoxy) is 1. The number of anilines is 1. The number of rotatable bonds is 5. The highest BCUT2D eigenvalue weighted by molar-refractivity contribution is 6.30. The second kappa shape index (κ2) is 8.27. The van der Waals surface area contributed by atoms with Gasteiger partial charge in [-0.2, -0.15) is 4.68 Å². The number of nitrogens with one attached hydrogen (secondary N) is 1. The van der Waals surface area contributed by atoms with Crippen molar-refractivity contribution in [3.63, 3.8) is 0 Å². The first-order valence-corrected chi connectivity index (χ1v) is 9.13. The summed E-state index contributed by atoms with van der Waals surface area (Å²) < 4.78 is 6.87. The fourth-order valence-corrected chi connectivity index (χ4v) is 2.79. The lowest BCUT2D eigenvalue weighted by Crippen LogP contribution is -2.31. The fourth-order valence-electron chi connectivity index (χ4n) is 2.62. The third-order valence-electron chi connectivity index (χ3n) is 4.24. The Morgan fingerprint density at radius 2 is 1.86 bits per heavy atom. The van der Waals surface area contributed by atoms with Crippen LogP contribution in [0.1, 0.15) is 18.1 Å². The molecule has 1 aromatic heterocycles. The van der Waals surface area contributed by atoms with Gasteiger partial charge in [0.25, 0.3) is 11.5 Å². The molecule has 2 aromatic carbocycles. The van der Waals surface area contributed by atoms with Crippen molar-refractivity contribution in [2.45, 2.75) is 26.9 Å². The Hall–Kier alpha value is -3.12. The molecule has 0 aliphatic carbocycles. The van der Waals surface area contributed by atoms with E-state index < -0.39 is 6.10 Å². The number of benzene rings is 2. The summed E-state index contributed by atoms with van der Waals surface area (Å²) in [7, 11) is 0. The van der Waals surface area contributed by atoms with Gasteiger partial charge in [-0.05, 0) is 50.1 Å². The summed E-state index contributed by atoms with van der Waals surface area (Å²) in [6, 6.07) is 15.5. The van der Waals surface area contributed by atoms with Gasteiger partial charge in [-0.15, -0.1) is 5.10 Å². The molecule has 7 heteroatoms. The predicted octanol–water partition coefficient (Wildman–Crippen LogP) is 3.91. The van der Waals surface area contributed by atoms with Gasteiger partial charge in [-0.25, -0.2) is 0 Å². The molecule has 144 valence electrons. The molecule has 1 N–H and O–H groups in total. The lowest BCUT2D eigenvalue weighted by atomic mass is 10.2. The molecule has 0 saturated heterocycles. The van der Waals surface area contributed by atoms with E-state index in [1.54, 1.807) is 25.1 Å². The zero-order chi connectivity index (χ0) is 20.3. The Bertz CT molecular complexity index is 1080. The van der Waals surface area contributed by atoms with Crippen molar-refractivity contribution in [2.24, 2.45) is 0 Å². The number of aromatic nitrogens is 2. The van der Waals surface area contributed by atoms with Gasteiger partial charge < -0.3 is 10.1 Å². The number of hydrogen-bond donors (Lipinski definition) is 1. The lowest BCUT2D eigenvalue weighted by Gasteiger charge is -2.16. The molecule has 0 spiro atoms. The van der Waals surface area contributed by atoms with Crippen LogP contribution in [-0.2, 0) is 4.79 Å². The van der Waals surface area contributed by atoms with Crippen LogP contribution in [0.4, 0.5) is 5.69 Å². The first kappa shape index (κ1) is 19.6. The Labute approximate surface area is 167 Å². The smallest absolute Gasteiger partial charge is 0.271 e. The standard InChI is InChI=1S/C21H20ClN3O3/c1-13-6-4-5-7-17(13)23-21(27)15(3)28-19-10-11-20(26)25(24-19)18-12-16(22)9-8-14(18)2/h4-12,15H,1-3H3,(H,23,27). The normalized spacial score (nSPS) is 11.7. The summed E-state index contributed by atoms with van der Waals surface area (Å²) in [5.41, 5.74) is 2.73. The first-order valence-electron chi connectivity index (χ1n) is 8.75. The Morgan fingerprint density at radius 1 is 1.11 bits per heavy atom. The van der Waals surface area contributed by atoms with Crippen molar-refractivity contribution in [3.8, 4) is 11.6 Å². The number of carbonyl (C=O) groups excluding carboxylic acids is 1. The van der Waals surface area contributed by atoms with E-state index in [-0.39, 0.29) is 17.3 Å². The van der Waals surface area contributed by atoms with Gasteiger partial charge in [-0.3, -0.25) is 9.59 Å². The van der Waals surface area contributed by atoms with Crippen molar-refractivity contribution in [1.82, 2.24) is 9.78 Å². The van der Waals surface area contributed by atoms with E-state index in [0.717, 1.165) is 16.8 Å². The van der Waals surface area contributed by atoms with E-state index in [0.29, 0.717) is 10.7 Å². The second-order valence-electron chi connectivity index (χ2n) is 6.42. The van der Waals surface area contributed by atoms with Gasteiger partial charge in [0.1, 0.15) is 0 Å². The summed E-state index contributed by atoms with van der Waals surface area (Å²) in [5, 5.41) is 7.55. The summed E-state index contributed by atoms with van der Waals surface area (Å²) in [6.45, 7) is 5.38. The van der Waals surface area contributed by atoms with E-state index in [4.69, 9.17) is 16.3 Å². The van der Waals surface area contributed by atoms with E-state index in [1.807, 2.05) is 38.1 Å². The zero-order valence-electron chi connectivity index (χ0n) is 15.8. The van der Waals surface area contributed by atoms with E-state index in [2.05, 4.69) is 10.4 Å². The number of carbonyl (C=O) groups is 1. The molecule has 3 rings (SSSR count). The minimum atomic E-state index is -0.807. The Kier molecular flexibility index (Phi) is 5.80. The minimum Gasteiger partial charge on any atom is -0.463 e. The number of halogens is 1. The van der Waals surface area contributed by atoms with Crippen LogP contribution < -0.4 is 15.6 Å². The Balaban J connectivity index is 1.81. The van der Waals surface area contributed by atoms with Crippen molar-refractivity contribution < 1.29 is 9.53 Å². The van der Waals surface area contributed by atoms with Gasteiger partial charge in [-0.1, -0.05) is 35.9 Å². The second-order valence-corrected chi connectivity index (χ2v) is 6.85. The molecule has 6 nitrogen and oxygen atoms in total. The molecule has 3 aromatic rings. The molecular weight excluding hydrogens is 378 g/mol. The van der Waals surface area contributed by atoms with Crippen LogP contribution in [0, 0.1) is 13.8 Å². The van der Waals surface area contributed by atoms with Crippen molar-refractivity contribution in [2.75, 3.05) is 5.32 Å². The molecule has 1 unspecified atom stereocenters. The maximum absolute atomic E-state index is 12.4.